The van der Waals surface area contributed by atoms with Gasteiger partial charge in [0.15, 0.2) is 5.65 Å². The van der Waals surface area contributed by atoms with E-state index in [1.807, 2.05) is 48.5 Å². The molecule has 5 heteroatoms. The van der Waals surface area contributed by atoms with Crippen molar-refractivity contribution in [2.75, 3.05) is 0 Å². The second-order valence-electron chi connectivity index (χ2n) is 6.73. The van der Waals surface area contributed by atoms with Gasteiger partial charge in [0.2, 0.25) is 0 Å². The molecule has 0 aliphatic carbocycles. The first-order chi connectivity index (χ1) is 14.6. The van der Waals surface area contributed by atoms with Crippen LogP contribution >= 0.6 is 12.6 Å². The Balaban J connectivity index is 1.86. The lowest BCUT2D eigenvalue weighted by atomic mass is 9.97. The first kappa shape index (κ1) is 19.7. The molecule has 0 unspecified atom stereocenters. The molecule has 146 valence electrons. The third kappa shape index (κ3) is 3.93. The smallest absolute Gasteiger partial charge is 0.160 e. The Bertz CT molecular complexity index is 1290. The number of allylic oxidation sites excluding steroid dienone is 3. The summed E-state index contributed by atoms with van der Waals surface area (Å²) in [7, 11) is 0. The van der Waals surface area contributed by atoms with Crippen LogP contribution in [0, 0.1) is 11.2 Å². The summed E-state index contributed by atoms with van der Waals surface area (Å²) in [5.41, 5.74) is 4.46. The van der Waals surface area contributed by atoms with Gasteiger partial charge in [0, 0.05) is 28.3 Å². The number of aromatic nitrogens is 2. The molecule has 0 radical (unpaired) electrons. The molecule has 2 heterocycles. The molecular formula is C25H18FN3S. The van der Waals surface area contributed by atoms with Crippen LogP contribution < -0.4 is 0 Å². The standard InChI is InChI=1S/C25H18FN3S/c1-16(13-18(15-27)17-8-10-19(30)11-9-17)22-14-24(21-5-2-3-7-23(21)26)29-25-20(22)6-4-12-28-25/h2-15,27,30H,1H2/b18-13+,27-15?. The van der Waals surface area contributed by atoms with Crippen LogP contribution in [-0.2, 0) is 0 Å². The van der Waals surface area contributed by atoms with E-state index < -0.39 is 0 Å². The molecule has 0 fully saturated rings. The molecule has 0 aliphatic rings. The largest absolute Gasteiger partial charge is 0.308 e. The molecule has 1 N–H and O–H groups in total. The summed E-state index contributed by atoms with van der Waals surface area (Å²) in [5, 5.41) is 8.66. The first-order valence-electron chi connectivity index (χ1n) is 9.28. The van der Waals surface area contributed by atoms with Gasteiger partial charge in [-0.25, -0.2) is 14.4 Å². The van der Waals surface area contributed by atoms with Crippen molar-refractivity contribution in [3.63, 3.8) is 0 Å². The summed E-state index contributed by atoms with van der Waals surface area (Å²) < 4.78 is 14.4. The minimum Gasteiger partial charge on any atom is -0.308 e. The number of hydrogen-bond donors (Lipinski definition) is 2. The molecule has 2 aromatic carbocycles. The monoisotopic (exact) mass is 411 g/mol. The van der Waals surface area contributed by atoms with E-state index in [-0.39, 0.29) is 5.82 Å². The number of pyridine rings is 2. The molecule has 0 spiro atoms. The van der Waals surface area contributed by atoms with E-state index >= 15 is 0 Å². The Hall–Kier alpha value is -3.57. The maximum atomic E-state index is 14.4. The number of nitrogens with zero attached hydrogens (tertiary/aromatic N) is 2. The minimum absolute atomic E-state index is 0.348. The van der Waals surface area contributed by atoms with Crippen LogP contribution in [0.25, 0.3) is 33.4 Å². The predicted molar refractivity (Wildman–Crippen MR) is 124 cm³/mol. The summed E-state index contributed by atoms with van der Waals surface area (Å²) in [4.78, 5) is 9.76. The fraction of sp³-hybridized carbons (Fsp3) is 0. The van der Waals surface area contributed by atoms with Gasteiger partial charge in [-0.1, -0.05) is 30.8 Å². The lowest BCUT2D eigenvalue weighted by molar-refractivity contribution is 0.631. The fourth-order valence-corrected chi connectivity index (χ4v) is 3.41. The summed E-state index contributed by atoms with van der Waals surface area (Å²) in [6.45, 7) is 4.22. The van der Waals surface area contributed by atoms with E-state index in [9.17, 15) is 4.39 Å². The average molecular weight is 412 g/mol. The van der Waals surface area contributed by atoms with Crippen molar-refractivity contribution in [1.82, 2.24) is 9.97 Å². The molecule has 0 amide bonds. The van der Waals surface area contributed by atoms with Gasteiger partial charge in [0.1, 0.15) is 5.82 Å². The lowest BCUT2D eigenvalue weighted by Gasteiger charge is -2.11. The predicted octanol–water partition coefficient (Wildman–Crippen LogP) is 6.47. The second-order valence-corrected chi connectivity index (χ2v) is 7.24. The van der Waals surface area contributed by atoms with Crippen molar-refractivity contribution >= 4 is 41.0 Å². The maximum absolute atomic E-state index is 14.4. The number of fused-ring (bicyclic) bond motifs is 1. The SMILES string of the molecule is C=C(/C=C(\C=N)c1ccc(S)cc1)c1cc(-c2ccccc2F)nc2ncccc12. The topological polar surface area (TPSA) is 49.6 Å². The Kier molecular flexibility index (Phi) is 5.55. The lowest BCUT2D eigenvalue weighted by Crippen LogP contribution is -1.95. The number of nitrogens with one attached hydrogen (secondary N) is 1. The van der Waals surface area contributed by atoms with Crippen molar-refractivity contribution in [1.29, 1.82) is 5.41 Å². The van der Waals surface area contributed by atoms with E-state index in [1.165, 1.54) is 12.3 Å². The Labute approximate surface area is 179 Å². The zero-order valence-corrected chi connectivity index (χ0v) is 16.9. The maximum Gasteiger partial charge on any atom is 0.160 e. The molecule has 4 aromatic rings. The second kappa shape index (κ2) is 8.43. The molecular weight excluding hydrogens is 393 g/mol. The number of rotatable bonds is 5. The van der Waals surface area contributed by atoms with Crippen LogP contribution in [0.15, 0.2) is 90.5 Å². The van der Waals surface area contributed by atoms with E-state index in [1.54, 1.807) is 24.4 Å². The van der Waals surface area contributed by atoms with Gasteiger partial charge in [0.25, 0.3) is 0 Å². The highest BCUT2D eigenvalue weighted by atomic mass is 32.1. The Morgan fingerprint density at radius 3 is 2.53 bits per heavy atom. The quantitative estimate of drug-likeness (QED) is 0.225. The van der Waals surface area contributed by atoms with Crippen molar-refractivity contribution in [3.05, 3.63) is 103 Å². The highest BCUT2D eigenvalue weighted by Crippen LogP contribution is 2.31. The van der Waals surface area contributed by atoms with Crippen molar-refractivity contribution in [2.24, 2.45) is 0 Å². The van der Waals surface area contributed by atoms with E-state index in [0.717, 1.165) is 21.4 Å². The zero-order valence-electron chi connectivity index (χ0n) is 16.0. The minimum atomic E-state index is -0.348. The molecule has 0 saturated heterocycles. The van der Waals surface area contributed by atoms with E-state index in [2.05, 4.69) is 29.2 Å². The van der Waals surface area contributed by atoms with Crippen LogP contribution in [0.5, 0.6) is 0 Å². The van der Waals surface area contributed by atoms with Crippen molar-refractivity contribution < 1.29 is 4.39 Å². The Morgan fingerprint density at radius 1 is 1.03 bits per heavy atom. The van der Waals surface area contributed by atoms with Crippen molar-refractivity contribution in [3.8, 4) is 11.3 Å². The Morgan fingerprint density at radius 2 is 1.80 bits per heavy atom. The van der Waals surface area contributed by atoms with Gasteiger partial charge >= 0.3 is 0 Å². The van der Waals surface area contributed by atoms with Gasteiger partial charge in [-0.2, -0.15) is 0 Å². The van der Waals surface area contributed by atoms with Gasteiger partial charge in [0.05, 0.1) is 5.69 Å². The molecule has 0 atom stereocenters. The third-order valence-electron chi connectivity index (χ3n) is 4.77. The summed E-state index contributed by atoms with van der Waals surface area (Å²) in [6, 6.07) is 19.6. The number of hydrogen-bond acceptors (Lipinski definition) is 4. The number of halogens is 1. The normalized spacial score (nSPS) is 11.5. The zero-order chi connectivity index (χ0) is 21.1. The van der Waals surface area contributed by atoms with Gasteiger partial charge in [-0.05, 0) is 70.8 Å². The molecule has 30 heavy (non-hydrogen) atoms. The van der Waals surface area contributed by atoms with Crippen LogP contribution in [0.4, 0.5) is 4.39 Å². The highest BCUT2D eigenvalue weighted by Gasteiger charge is 2.13. The van der Waals surface area contributed by atoms with E-state index in [4.69, 9.17) is 5.41 Å². The van der Waals surface area contributed by atoms with Crippen LogP contribution in [-0.4, -0.2) is 16.2 Å². The third-order valence-corrected chi connectivity index (χ3v) is 5.06. The van der Waals surface area contributed by atoms with Gasteiger partial charge in [-0.15, -0.1) is 12.6 Å². The number of thiol groups is 1. The van der Waals surface area contributed by atoms with E-state index in [0.29, 0.717) is 28.1 Å². The summed E-state index contributed by atoms with van der Waals surface area (Å²) >= 11 is 4.31. The highest BCUT2D eigenvalue weighted by molar-refractivity contribution is 7.80. The van der Waals surface area contributed by atoms with Crippen LogP contribution in [0.3, 0.4) is 0 Å². The van der Waals surface area contributed by atoms with Crippen molar-refractivity contribution in [2.45, 2.75) is 4.90 Å². The molecule has 2 aromatic heterocycles. The van der Waals surface area contributed by atoms with Gasteiger partial charge < -0.3 is 5.41 Å². The first-order valence-corrected chi connectivity index (χ1v) is 9.73. The van der Waals surface area contributed by atoms with Crippen LogP contribution in [0.2, 0.25) is 0 Å². The number of benzene rings is 2. The average Bonchev–Trinajstić information content (AvgIpc) is 2.77. The molecule has 0 bridgehead atoms. The molecule has 3 nitrogen and oxygen atoms in total. The molecule has 4 rings (SSSR count). The fourth-order valence-electron chi connectivity index (χ4n) is 3.26. The summed E-state index contributed by atoms with van der Waals surface area (Å²) in [6.07, 6.45) is 4.79. The molecule has 0 saturated carbocycles. The van der Waals surface area contributed by atoms with Crippen LogP contribution in [0.1, 0.15) is 11.1 Å². The van der Waals surface area contributed by atoms with Gasteiger partial charge in [-0.3, -0.25) is 0 Å². The summed E-state index contributed by atoms with van der Waals surface area (Å²) in [5.74, 6) is -0.348. The molecule has 0 aliphatic heterocycles.